The third-order valence-corrected chi connectivity index (χ3v) is 2.39. The Morgan fingerprint density at radius 2 is 2.15 bits per heavy atom. The third kappa shape index (κ3) is 4.63. The van der Waals surface area contributed by atoms with E-state index in [1.807, 2.05) is 22.9 Å². The first-order valence-electron chi connectivity index (χ1n) is 4.27. The number of carbonyl (C=O) groups excluding carboxylic acids is 1. The van der Waals surface area contributed by atoms with Crippen LogP contribution in [0.5, 0.6) is 0 Å². The quantitative estimate of drug-likeness (QED) is 0.568. The lowest BCUT2D eigenvalue weighted by Crippen LogP contribution is -2.42. The van der Waals surface area contributed by atoms with E-state index in [9.17, 15) is 4.79 Å². The van der Waals surface area contributed by atoms with E-state index in [-0.39, 0.29) is 6.03 Å². The van der Waals surface area contributed by atoms with Crippen LogP contribution in [0.25, 0.3) is 0 Å². The van der Waals surface area contributed by atoms with Gasteiger partial charge in [-0.05, 0) is 0 Å². The molecule has 1 fully saturated rings. The second-order valence-electron chi connectivity index (χ2n) is 2.80. The Hall–Kier alpha value is -0.0800. The molecular weight excluding hydrogens is 285 g/mol. The molecule has 0 unspecified atom stereocenters. The summed E-state index contributed by atoms with van der Waals surface area (Å²) in [6, 6.07) is -0.131. The Morgan fingerprint density at radius 3 is 2.77 bits per heavy atom. The van der Waals surface area contributed by atoms with Crippen molar-refractivity contribution in [1.29, 1.82) is 0 Å². The number of ether oxygens (including phenoxy) is 1. The van der Waals surface area contributed by atoms with Crippen LogP contribution in [-0.4, -0.2) is 50.3 Å². The molecule has 0 aromatic carbocycles. The van der Waals surface area contributed by atoms with Crippen LogP contribution in [0.1, 0.15) is 0 Å². The second-order valence-corrected chi connectivity index (χ2v) is 3.34. The fourth-order valence-corrected chi connectivity index (χ4v) is 1.38. The molecule has 1 heterocycles. The summed E-state index contributed by atoms with van der Waals surface area (Å²) < 4.78 is 7.69. The van der Waals surface area contributed by atoms with E-state index < -0.39 is 0 Å². The van der Waals surface area contributed by atoms with Crippen molar-refractivity contribution in [3.05, 3.63) is 0 Å². The molecule has 6 heteroatoms. The number of nitrogens with zero attached hydrogens (tertiary/aromatic N) is 1. The Balaban J connectivity index is 2.01. The van der Waals surface area contributed by atoms with Crippen molar-refractivity contribution >= 4 is 28.9 Å². The first-order valence-corrected chi connectivity index (χ1v) is 5.35. The highest BCUT2D eigenvalue weighted by Crippen LogP contribution is 1.94. The molecular formula is C7H14IN3O2. The predicted molar refractivity (Wildman–Crippen MR) is 57.8 cm³/mol. The number of amides is 2. The van der Waals surface area contributed by atoms with Gasteiger partial charge in [0, 0.05) is 26.2 Å². The van der Waals surface area contributed by atoms with E-state index in [0.29, 0.717) is 6.54 Å². The summed E-state index contributed by atoms with van der Waals surface area (Å²) in [6.45, 7) is 5.13. The molecule has 0 saturated carbocycles. The van der Waals surface area contributed by atoms with Gasteiger partial charge in [-0.25, -0.2) is 4.79 Å². The fourth-order valence-electron chi connectivity index (χ4n) is 1.19. The van der Waals surface area contributed by atoms with Gasteiger partial charge in [0.15, 0.2) is 0 Å². The summed E-state index contributed by atoms with van der Waals surface area (Å²) in [5, 5.41) is 2.74. The third-order valence-electron chi connectivity index (χ3n) is 1.90. The lowest BCUT2D eigenvalue weighted by molar-refractivity contribution is 0.0387. The number of halogens is 1. The zero-order chi connectivity index (χ0) is 9.52. The molecule has 13 heavy (non-hydrogen) atoms. The highest BCUT2D eigenvalue weighted by atomic mass is 127. The predicted octanol–water partition coefficient (Wildman–Crippen LogP) is -0.0322. The molecule has 1 saturated heterocycles. The molecule has 0 bridgehead atoms. The molecule has 76 valence electrons. The van der Waals surface area contributed by atoms with Crippen molar-refractivity contribution in [3.63, 3.8) is 0 Å². The van der Waals surface area contributed by atoms with Gasteiger partial charge in [-0.15, -0.1) is 0 Å². The molecule has 0 aliphatic carbocycles. The van der Waals surface area contributed by atoms with E-state index in [2.05, 4.69) is 13.7 Å². The van der Waals surface area contributed by atoms with Gasteiger partial charge in [-0.3, -0.25) is 8.43 Å². The summed E-state index contributed by atoms with van der Waals surface area (Å²) in [5.41, 5.74) is 0. The molecule has 0 aromatic rings. The Morgan fingerprint density at radius 1 is 1.46 bits per heavy atom. The van der Waals surface area contributed by atoms with Gasteiger partial charge in [0.2, 0.25) is 0 Å². The van der Waals surface area contributed by atoms with Crippen molar-refractivity contribution in [3.8, 4) is 0 Å². The van der Waals surface area contributed by atoms with Crippen LogP contribution in [0.2, 0.25) is 0 Å². The smallest absolute Gasteiger partial charge is 0.323 e. The number of hydrogen-bond acceptors (Lipinski definition) is 3. The van der Waals surface area contributed by atoms with Gasteiger partial charge in [0.25, 0.3) is 0 Å². The maximum Gasteiger partial charge on any atom is 0.323 e. The van der Waals surface area contributed by atoms with Gasteiger partial charge >= 0.3 is 6.03 Å². The standard InChI is InChI=1S/C7H14IN3O2/c8-10-7(12)9-1-2-11-3-5-13-6-4-11/h1-6H2,(H2,9,10,12). The molecule has 0 radical (unpaired) electrons. The molecule has 5 nitrogen and oxygen atoms in total. The van der Waals surface area contributed by atoms with Crippen LogP contribution in [0.3, 0.4) is 0 Å². The van der Waals surface area contributed by atoms with Crippen LogP contribution >= 0.6 is 22.9 Å². The number of morpholine rings is 1. The Kier molecular flexibility index (Phi) is 5.40. The number of carbonyl (C=O) groups is 1. The normalized spacial score (nSPS) is 18.2. The first kappa shape index (κ1) is 11.0. The summed E-state index contributed by atoms with van der Waals surface area (Å²) >= 11 is 1.81. The van der Waals surface area contributed by atoms with Crippen LogP contribution in [-0.2, 0) is 4.74 Å². The van der Waals surface area contributed by atoms with Crippen molar-refractivity contribution in [2.45, 2.75) is 0 Å². The molecule has 0 spiro atoms. The second kappa shape index (κ2) is 6.39. The summed E-state index contributed by atoms with van der Waals surface area (Å²) in [5.74, 6) is 0. The Labute approximate surface area is 91.7 Å². The van der Waals surface area contributed by atoms with E-state index in [1.54, 1.807) is 0 Å². The topological polar surface area (TPSA) is 53.6 Å². The van der Waals surface area contributed by atoms with Crippen LogP contribution in [0.15, 0.2) is 0 Å². The zero-order valence-corrected chi connectivity index (χ0v) is 9.54. The molecule has 2 N–H and O–H groups in total. The summed E-state index contributed by atoms with van der Waals surface area (Å²) in [6.07, 6.45) is 0. The summed E-state index contributed by atoms with van der Waals surface area (Å²) in [7, 11) is 0. The van der Waals surface area contributed by atoms with E-state index in [1.165, 1.54) is 0 Å². The van der Waals surface area contributed by atoms with Gasteiger partial charge in [0.1, 0.15) is 0 Å². The highest BCUT2D eigenvalue weighted by Gasteiger charge is 2.09. The lowest BCUT2D eigenvalue weighted by Gasteiger charge is -2.26. The molecule has 0 aromatic heterocycles. The van der Waals surface area contributed by atoms with Gasteiger partial charge in [-0.1, -0.05) is 0 Å². The van der Waals surface area contributed by atoms with Crippen molar-refractivity contribution < 1.29 is 9.53 Å². The first-order chi connectivity index (χ1) is 6.33. The van der Waals surface area contributed by atoms with Gasteiger partial charge < -0.3 is 10.1 Å². The molecule has 0 atom stereocenters. The molecule has 1 aliphatic rings. The monoisotopic (exact) mass is 299 g/mol. The molecule has 2 amide bonds. The molecule has 1 rings (SSSR count). The van der Waals surface area contributed by atoms with Crippen molar-refractivity contribution in [2.75, 3.05) is 39.4 Å². The minimum absolute atomic E-state index is 0.131. The Bertz CT molecular complexity index is 162. The fraction of sp³-hybridized carbons (Fsp3) is 0.857. The summed E-state index contributed by atoms with van der Waals surface area (Å²) in [4.78, 5) is 13.1. The zero-order valence-electron chi connectivity index (χ0n) is 7.38. The lowest BCUT2D eigenvalue weighted by atomic mass is 10.4. The maximum atomic E-state index is 10.8. The van der Waals surface area contributed by atoms with E-state index in [4.69, 9.17) is 4.74 Å². The van der Waals surface area contributed by atoms with Crippen LogP contribution in [0, 0.1) is 0 Å². The minimum Gasteiger partial charge on any atom is -0.379 e. The van der Waals surface area contributed by atoms with Crippen molar-refractivity contribution in [1.82, 2.24) is 13.7 Å². The average molecular weight is 299 g/mol. The SMILES string of the molecule is O=C(NI)NCCN1CCOCC1. The maximum absolute atomic E-state index is 10.8. The van der Waals surface area contributed by atoms with Gasteiger partial charge in [-0.2, -0.15) is 0 Å². The largest absolute Gasteiger partial charge is 0.379 e. The minimum atomic E-state index is -0.131. The van der Waals surface area contributed by atoms with E-state index >= 15 is 0 Å². The highest BCUT2D eigenvalue weighted by molar-refractivity contribution is 14.1. The van der Waals surface area contributed by atoms with Crippen molar-refractivity contribution in [2.24, 2.45) is 0 Å². The van der Waals surface area contributed by atoms with Gasteiger partial charge in [0.05, 0.1) is 36.1 Å². The van der Waals surface area contributed by atoms with Crippen LogP contribution in [0.4, 0.5) is 4.79 Å². The number of rotatable bonds is 3. The average Bonchev–Trinajstić information content (AvgIpc) is 2.19. The van der Waals surface area contributed by atoms with E-state index in [0.717, 1.165) is 32.8 Å². The molecule has 1 aliphatic heterocycles. The number of urea groups is 1. The number of hydrogen-bond donors (Lipinski definition) is 2. The van der Waals surface area contributed by atoms with Crippen LogP contribution < -0.4 is 8.85 Å². The number of nitrogens with one attached hydrogen (secondary N) is 2.